The Hall–Kier alpha value is -0.500. The van der Waals surface area contributed by atoms with Crippen molar-refractivity contribution in [1.82, 2.24) is 5.32 Å². The number of hydrogen-bond acceptors (Lipinski definition) is 6. The number of unbranched alkanes of at least 4 members (excludes halogenated alkanes) is 42. The first-order chi connectivity index (χ1) is 32.0. The van der Waals surface area contributed by atoms with Gasteiger partial charge in [0.05, 0.1) is 39.9 Å². The molecule has 8 nitrogen and oxygen atoms in total. The van der Waals surface area contributed by atoms with Gasteiger partial charge in [-0.05, 0) is 12.8 Å². The molecule has 0 saturated heterocycles. The lowest BCUT2D eigenvalue weighted by Crippen LogP contribution is -2.46. The molecular formula is C57H117N2O6P. The number of aliphatic hydroxyl groups excluding tert-OH is 1. The summed E-state index contributed by atoms with van der Waals surface area (Å²) in [7, 11) is 1.32. The third-order valence-electron chi connectivity index (χ3n) is 13.8. The molecule has 0 heterocycles. The van der Waals surface area contributed by atoms with E-state index in [1.54, 1.807) is 0 Å². The highest BCUT2D eigenvalue weighted by molar-refractivity contribution is 7.45. The SMILES string of the molecule is CCCCCCCCCCCCCCCCCCCCCCCCCCCCCCCC(=O)NC(COP(=O)([O-])OCC[N+](C)(C)C)C(O)CCCCCCCCCCCCCCCCC. The first-order valence-electron chi connectivity index (χ1n) is 29.4. The molecule has 0 aliphatic carbocycles. The van der Waals surface area contributed by atoms with E-state index in [0.29, 0.717) is 23.9 Å². The van der Waals surface area contributed by atoms with Crippen molar-refractivity contribution < 1.29 is 32.9 Å². The van der Waals surface area contributed by atoms with Gasteiger partial charge >= 0.3 is 0 Å². The fourth-order valence-corrected chi connectivity index (χ4v) is 9.94. The first kappa shape index (κ1) is 65.5. The average Bonchev–Trinajstić information content (AvgIpc) is 3.28. The van der Waals surface area contributed by atoms with Crippen molar-refractivity contribution in [2.45, 2.75) is 321 Å². The molecule has 0 aliphatic heterocycles. The Morgan fingerprint density at radius 1 is 0.470 bits per heavy atom. The normalized spacial score (nSPS) is 13.9. The average molecular weight is 958 g/mol. The predicted octanol–water partition coefficient (Wildman–Crippen LogP) is 17.0. The van der Waals surface area contributed by atoms with Crippen molar-refractivity contribution in [3.63, 3.8) is 0 Å². The highest BCUT2D eigenvalue weighted by Gasteiger charge is 2.24. The zero-order valence-corrected chi connectivity index (χ0v) is 46.1. The molecule has 3 unspecified atom stereocenters. The summed E-state index contributed by atoms with van der Waals surface area (Å²) in [6, 6.07) is -0.794. The molecule has 3 atom stereocenters. The smallest absolute Gasteiger partial charge is 0.268 e. The Kier molecular flexibility index (Phi) is 49.1. The third-order valence-corrected chi connectivity index (χ3v) is 14.8. The van der Waals surface area contributed by atoms with Crippen LogP contribution in [0, 0.1) is 0 Å². The van der Waals surface area contributed by atoms with Crippen molar-refractivity contribution in [2.75, 3.05) is 40.9 Å². The van der Waals surface area contributed by atoms with E-state index in [9.17, 15) is 19.4 Å². The lowest BCUT2D eigenvalue weighted by molar-refractivity contribution is -0.870. The van der Waals surface area contributed by atoms with Gasteiger partial charge in [-0.2, -0.15) is 0 Å². The molecular weight excluding hydrogens is 840 g/mol. The minimum Gasteiger partial charge on any atom is -0.756 e. The molecule has 0 fully saturated rings. The van der Waals surface area contributed by atoms with E-state index < -0.39 is 20.0 Å². The van der Waals surface area contributed by atoms with Gasteiger partial charge in [-0.15, -0.1) is 0 Å². The van der Waals surface area contributed by atoms with Crippen molar-refractivity contribution in [3.05, 3.63) is 0 Å². The summed E-state index contributed by atoms with van der Waals surface area (Å²) in [5, 5.41) is 14.0. The monoisotopic (exact) mass is 957 g/mol. The van der Waals surface area contributed by atoms with E-state index in [-0.39, 0.29) is 19.1 Å². The number of phosphoric acid groups is 1. The van der Waals surface area contributed by atoms with Gasteiger partial charge in [-0.25, -0.2) is 0 Å². The van der Waals surface area contributed by atoms with Crippen LogP contribution in [0.2, 0.25) is 0 Å². The first-order valence-corrected chi connectivity index (χ1v) is 30.8. The molecule has 66 heavy (non-hydrogen) atoms. The predicted molar refractivity (Wildman–Crippen MR) is 284 cm³/mol. The maximum Gasteiger partial charge on any atom is 0.268 e. The molecule has 396 valence electrons. The summed E-state index contributed by atoms with van der Waals surface area (Å²) in [5.41, 5.74) is 0. The molecule has 0 spiro atoms. The molecule has 1 amide bonds. The van der Waals surface area contributed by atoms with E-state index in [0.717, 1.165) is 38.5 Å². The molecule has 0 saturated carbocycles. The quantitative estimate of drug-likeness (QED) is 0.0357. The largest absolute Gasteiger partial charge is 0.756 e. The second-order valence-electron chi connectivity index (χ2n) is 21.7. The summed E-state index contributed by atoms with van der Waals surface area (Å²) in [6.45, 7) is 4.77. The number of carbonyl (C=O) groups excluding carboxylic acids is 1. The molecule has 0 bridgehead atoms. The van der Waals surface area contributed by atoms with Crippen LogP contribution in [-0.2, 0) is 18.4 Å². The summed E-state index contributed by atoms with van der Waals surface area (Å²) in [6.07, 6.45) is 58.6. The second kappa shape index (κ2) is 49.5. The molecule has 0 aromatic heterocycles. The molecule has 2 N–H and O–H groups in total. The van der Waals surface area contributed by atoms with Crippen molar-refractivity contribution in [1.29, 1.82) is 0 Å². The van der Waals surface area contributed by atoms with Gasteiger partial charge in [-0.3, -0.25) is 9.36 Å². The number of aliphatic hydroxyl groups is 1. The Balaban J connectivity index is 4.01. The topological polar surface area (TPSA) is 108 Å². The highest BCUT2D eigenvalue weighted by Crippen LogP contribution is 2.38. The molecule has 0 rings (SSSR count). The van der Waals surface area contributed by atoms with Crippen LogP contribution in [0.15, 0.2) is 0 Å². The fourth-order valence-electron chi connectivity index (χ4n) is 9.22. The summed E-state index contributed by atoms with van der Waals surface area (Å²) in [5.74, 6) is -0.157. The van der Waals surface area contributed by atoms with Crippen LogP contribution in [0.3, 0.4) is 0 Å². The molecule has 0 aromatic rings. The number of quaternary nitrogens is 1. The van der Waals surface area contributed by atoms with Crippen LogP contribution in [0.25, 0.3) is 0 Å². The van der Waals surface area contributed by atoms with Crippen LogP contribution in [0.1, 0.15) is 309 Å². The number of nitrogens with zero attached hydrogens (tertiary/aromatic N) is 1. The van der Waals surface area contributed by atoms with E-state index in [2.05, 4.69) is 19.2 Å². The van der Waals surface area contributed by atoms with Gasteiger partial charge in [0.25, 0.3) is 7.82 Å². The Labute approximate surface area is 412 Å². The number of nitrogens with one attached hydrogen (secondary N) is 1. The highest BCUT2D eigenvalue weighted by atomic mass is 31.2. The number of phosphoric ester groups is 1. The van der Waals surface area contributed by atoms with Crippen molar-refractivity contribution in [2.24, 2.45) is 0 Å². The van der Waals surface area contributed by atoms with E-state index in [4.69, 9.17) is 9.05 Å². The molecule has 0 aromatic carbocycles. The van der Waals surface area contributed by atoms with Crippen LogP contribution >= 0.6 is 7.82 Å². The van der Waals surface area contributed by atoms with Gasteiger partial charge in [-0.1, -0.05) is 290 Å². The Morgan fingerprint density at radius 3 is 1.03 bits per heavy atom. The fraction of sp³-hybridized carbons (Fsp3) is 0.982. The lowest BCUT2D eigenvalue weighted by atomic mass is 10.0. The summed E-state index contributed by atoms with van der Waals surface area (Å²) >= 11 is 0. The Morgan fingerprint density at radius 2 is 0.742 bits per heavy atom. The van der Waals surface area contributed by atoms with Gasteiger partial charge in [0.2, 0.25) is 5.91 Å². The molecule has 0 radical (unpaired) electrons. The number of hydrogen-bond donors (Lipinski definition) is 2. The number of rotatable bonds is 55. The van der Waals surface area contributed by atoms with Crippen LogP contribution in [0.4, 0.5) is 0 Å². The van der Waals surface area contributed by atoms with Gasteiger partial charge < -0.3 is 28.8 Å². The Bertz CT molecular complexity index is 1040. The van der Waals surface area contributed by atoms with Gasteiger partial charge in [0.15, 0.2) is 0 Å². The van der Waals surface area contributed by atoms with Crippen molar-refractivity contribution in [3.8, 4) is 0 Å². The lowest BCUT2D eigenvalue weighted by Gasteiger charge is -2.30. The van der Waals surface area contributed by atoms with E-state index >= 15 is 0 Å². The number of carbonyl (C=O) groups is 1. The minimum absolute atomic E-state index is 0.0165. The van der Waals surface area contributed by atoms with Crippen LogP contribution < -0.4 is 10.2 Å². The zero-order valence-electron chi connectivity index (χ0n) is 45.2. The number of likely N-dealkylation sites (N-methyl/N-ethyl adjacent to an activating group) is 1. The zero-order chi connectivity index (χ0) is 48.5. The maximum atomic E-state index is 13.0. The standard InChI is InChI=1S/C57H117N2O6P/c1-6-8-10-12-14-16-18-20-22-23-24-25-26-27-28-29-30-31-32-33-34-35-37-39-41-43-45-47-49-51-57(61)58-55(54-65-66(62,63)64-53-52-59(3,4)5)56(60)50-48-46-44-42-40-38-36-21-19-17-15-13-11-9-7-2/h55-56,60H,6-54H2,1-5H3,(H-,58,61,62,63). The minimum atomic E-state index is -4.56. The molecule has 0 aliphatic rings. The number of amides is 1. The van der Waals surface area contributed by atoms with Crippen molar-refractivity contribution >= 4 is 13.7 Å². The summed E-state index contributed by atoms with van der Waals surface area (Å²) in [4.78, 5) is 25.5. The van der Waals surface area contributed by atoms with E-state index in [1.165, 1.54) is 244 Å². The van der Waals surface area contributed by atoms with Gasteiger partial charge in [0.1, 0.15) is 13.2 Å². The molecule has 9 heteroatoms. The second-order valence-corrected chi connectivity index (χ2v) is 23.1. The summed E-state index contributed by atoms with van der Waals surface area (Å²) < 4.78 is 23.4. The third kappa shape index (κ3) is 51.4. The van der Waals surface area contributed by atoms with Crippen LogP contribution in [0.5, 0.6) is 0 Å². The van der Waals surface area contributed by atoms with E-state index in [1.807, 2.05) is 21.1 Å². The van der Waals surface area contributed by atoms with Crippen LogP contribution in [-0.4, -0.2) is 68.5 Å². The maximum absolute atomic E-state index is 13.0. The van der Waals surface area contributed by atoms with Gasteiger partial charge in [0, 0.05) is 6.42 Å².